The lowest BCUT2D eigenvalue weighted by Crippen LogP contribution is -2.30. The quantitative estimate of drug-likeness (QED) is 0.325. The van der Waals surface area contributed by atoms with Crippen molar-refractivity contribution in [1.82, 2.24) is 15.6 Å². The number of benzene rings is 2. The molecule has 1 aliphatic rings. The van der Waals surface area contributed by atoms with Crippen LogP contribution >= 0.6 is 11.6 Å². The Morgan fingerprint density at radius 1 is 1.14 bits per heavy atom. The number of nitrogens with one attached hydrogen (secondary N) is 3. The zero-order valence-electron chi connectivity index (χ0n) is 20.4. The standard InChI is InChI=1S/C26H29ClN4O5/c1-15(2)35-11-10-29-25(32)19-13-18-22(14-24(19)34-3)28-9-8-23(18)36-17-6-7-21(20(27)12-17)31-26(33)30-16-4-5-16/h6-9,12-16H,4-5,10-11H2,1-3H3,(H,29,32)(H2,30,31,33). The van der Waals surface area contributed by atoms with Gasteiger partial charge in [-0.25, -0.2) is 4.79 Å². The van der Waals surface area contributed by atoms with Gasteiger partial charge >= 0.3 is 6.03 Å². The molecular weight excluding hydrogens is 484 g/mol. The Kier molecular flexibility index (Phi) is 8.12. The van der Waals surface area contributed by atoms with Gasteiger partial charge in [0.15, 0.2) is 0 Å². The molecule has 36 heavy (non-hydrogen) atoms. The summed E-state index contributed by atoms with van der Waals surface area (Å²) in [6.45, 7) is 4.65. The van der Waals surface area contributed by atoms with Crippen molar-refractivity contribution in [2.75, 3.05) is 25.6 Å². The Morgan fingerprint density at radius 3 is 2.64 bits per heavy atom. The molecule has 4 rings (SSSR count). The van der Waals surface area contributed by atoms with E-state index in [1.165, 1.54) is 7.11 Å². The number of halogens is 1. The molecule has 1 aliphatic carbocycles. The maximum absolute atomic E-state index is 12.9. The summed E-state index contributed by atoms with van der Waals surface area (Å²) in [4.78, 5) is 29.3. The van der Waals surface area contributed by atoms with E-state index >= 15 is 0 Å². The molecule has 0 spiro atoms. The predicted octanol–water partition coefficient (Wildman–Crippen LogP) is 5.13. The van der Waals surface area contributed by atoms with Gasteiger partial charge in [0.25, 0.3) is 5.91 Å². The van der Waals surface area contributed by atoms with Crippen LogP contribution in [0.1, 0.15) is 37.0 Å². The summed E-state index contributed by atoms with van der Waals surface area (Å²) in [6, 6.07) is 10.0. The van der Waals surface area contributed by atoms with Crippen molar-refractivity contribution in [1.29, 1.82) is 0 Å². The Labute approximate surface area is 214 Å². The first-order chi connectivity index (χ1) is 17.3. The van der Waals surface area contributed by atoms with Gasteiger partial charge in [-0.1, -0.05) is 11.6 Å². The number of hydrogen-bond donors (Lipinski definition) is 3. The molecule has 1 fully saturated rings. The maximum atomic E-state index is 12.9. The van der Waals surface area contributed by atoms with Crippen molar-refractivity contribution in [3.8, 4) is 17.2 Å². The van der Waals surface area contributed by atoms with Crippen LogP contribution in [0.4, 0.5) is 10.5 Å². The molecule has 1 heterocycles. The summed E-state index contributed by atoms with van der Waals surface area (Å²) in [5.41, 5.74) is 1.43. The third-order valence-electron chi connectivity index (χ3n) is 5.44. The zero-order valence-corrected chi connectivity index (χ0v) is 21.1. The fraction of sp³-hybridized carbons (Fsp3) is 0.346. The van der Waals surface area contributed by atoms with E-state index in [4.69, 9.17) is 25.8 Å². The van der Waals surface area contributed by atoms with Gasteiger partial charge in [-0.2, -0.15) is 0 Å². The molecule has 0 aliphatic heterocycles. The third kappa shape index (κ3) is 6.56. The smallest absolute Gasteiger partial charge is 0.319 e. The van der Waals surface area contributed by atoms with Crippen LogP contribution < -0.4 is 25.4 Å². The van der Waals surface area contributed by atoms with E-state index in [9.17, 15) is 9.59 Å². The Morgan fingerprint density at radius 2 is 1.94 bits per heavy atom. The second-order valence-corrected chi connectivity index (χ2v) is 9.08. The molecule has 0 radical (unpaired) electrons. The highest BCUT2D eigenvalue weighted by Crippen LogP contribution is 2.35. The average Bonchev–Trinajstić information content (AvgIpc) is 3.66. The minimum absolute atomic E-state index is 0.0844. The topological polar surface area (TPSA) is 111 Å². The second-order valence-electron chi connectivity index (χ2n) is 8.67. The molecule has 10 heteroatoms. The van der Waals surface area contributed by atoms with E-state index in [0.717, 1.165) is 12.8 Å². The first-order valence-electron chi connectivity index (χ1n) is 11.8. The number of hydrogen-bond acceptors (Lipinski definition) is 6. The lowest BCUT2D eigenvalue weighted by atomic mass is 10.1. The number of carbonyl (C=O) groups excluding carboxylic acids is 2. The summed E-state index contributed by atoms with van der Waals surface area (Å²) in [5, 5.41) is 9.41. The van der Waals surface area contributed by atoms with Crippen molar-refractivity contribution >= 4 is 40.1 Å². The number of methoxy groups -OCH3 is 1. The van der Waals surface area contributed by atoms with Crippen molar-refractivity contribution in [3.05, 3.63) is 53.2 Å². The van der Waals surface area contributed by atoms with Crippen LogP contribution in [-0.4, -0.2) is 49.3 Å². The summed E-state index contributed by atoms with van der Waals surface area (Å²) >= 11 is 6.38. The molecule has 0 atom stereocenters. The van der Waals surface area contributed by atoms with Crippen LogP contribution in [0.15, 0.2) is 42.6 Å². The van der Waals surface area contributed by atoms with Gasteiger partial charge in [-0.05, 0) is 51.0 Å². The van der Waals surface area contributed by atoms with Crippen LogP contribution in [-0.2, 0) is 4.74 Å². The molecule has 3 amide bonds. The molecule has 2 aromatic carbocycles. The van der Waals surface area contributed by atoms with Crippen molar-refractivity contribution in [2.45, 2.75) is 38.8 Å². The van der Waals surface area contributed by atoms with Crippen molar-refractivity contribution in [2.24, 2.45) is 0 Å². The first-order valence-corrected chi connectivity index (χ1v) is 12.1. The van der Waals surface area contributed by atoms with Crippen LogP contribution in [0, 0.1) is 0 Å². The van der Waals surface area contributed by atoms with Gasteiger partial charge in [-0.3, -0.25) is 9.78 Å². The van der Waals surface area contributed by atoms with Crippen LogP contribution in [0.25, 0.3) is 10.9 Å². The van der Waals surface area contributed by atoms with E-state index < -0.39 is 0 Å². The largest absolute Gasteiger partial charge is 0.496 e. The Balaban J connectivity index is 1.53. The lowest BCUT2D eigenvalue weighted by Gasteiger charge is -2.14. The maximum Gasteiger partial charge on any atom is 0.319 e. The zero-order chi connectivity index (χ0) is 25.7. The lowest BCUT2D eigenvalue weighted by molar-refractivity contribution is 0.0745. The number of urea groups is 1. The van der Waals surface area contributed by atoms with Crippen LogP contribution in [0.5, 0.6) is 17.2 Å². The molecular formula is C26H29ClN4O5. The van der Waals surface area contributed by atoms with Gasteiger partial charge < -0.3 is 30.2 Å². The number of ether oxygens (including phenoxy) is 3. The summed E-state index contributed by atoms with van der Waals surface area (Å²) in [7, 11) is 1.50. The number of amides is 3. The van der Waals surface area contributed by atoms with E-state index in [0.29, 0.717) is 57.6 Å². The summed E-state index contributed by atoms with van der Waals surface area (Å²) in [6.07, 6.45) is 3.69. The van der Waals surface area contributed by atoms with Gasteiger partial charge in [-0.15, -0.1) is 0 Å². The fourth-order valence-electron chi connectivity index (χ4n) is 3.50. The van der Waals surface area contributed by atoms with Gasteiger partial charge in [0.2, 0.25) is 0 Å². The highest BCUT2D eigenvalue weighted by Gasteiger charge is 2.23. The van der Waals surface area contributed by atoms with Crippen molar-refractivity contribution < 1.29 is 23.8 Å². The number of pyridine rings is 1. The number of anilines is 1. The number of nitrogens with zero attached hydrogens (tertiary/aromatic N) is 1. The predicted molar refractivity (Wildman–Crippen MR) is 138 cm³/mol. The Hall–Kier alpha value is -3.56. The highest BCUT2D eigenvalue weighted by molar-refractivity contribution is 6.33. The third-order valence-corrected chi connectivity index (χ3v) is 5.75. The van der Waals surface area contributed by atoms with E-state index in [1.54, 1.807) is 42.6 Å². The van der Waals surface area contributed by atoms with Crippen LogP contribution in [0.2, 0.25) is 5.02 Å². The number of rotatable bonds is 10. The number of aromatic nitrogens is 1. The normalized spacial score (nSPS) is 12.9. The second kappa shape index (κ2) is 11.5. The number of carbonyl (C=O) groups is 2. The van der Waals surface area contributed by atoms with E-state index in [1.807, 2.05) is 13.8 Å². The molecule has 0 unspecified atom stereocenters. The first kappa shape index (κ1) is 25.5. The van der Waals surface area contributed by atoms with Gasteiger partial charge in [0, 0.05) is 36.3 Å². The van der Waals surface area contributed by atoms with E-state index in [2.05, 4.69) is 20.9 Å². The highest BCUT2D eigenvalue weighted by atomic mass is 35.5. The molecule has 0 saturated heterocycles. The van der Waals surface area contributed by atoms with Crippen molar-refractivity contribution in [3.63, 3.8) is 0 Å². The molecule has 9 nitrogen and oxygen atoms in total. The van der Waals surface area contributed by atoms with Gasteiger partial charge in [0.1, 0.15) is 17.2 Å². The molecule has 3 N–H and O–H groups in total. The van der Waals surface area contributed by atoms with E-state index in [-0.39, 0.29) is 24.1 Å². The monoisotopic (exact) mass is 512 g/mol. The minimum Gasteiger partial charge on any atom is -0.496 e. The minimum atomic E-state index is -0.293. The molecule has 0 bridgehead atoms. The summed E-state index contributed by atoms with van der Waals surface area (Å²) in [5.74, 6) is 1.06. The SMILES string of the molecule is COc1cc2nccc(Oc3ccc(NC(=O)NC4CC4)c(Cl)c3)c2cc1C(=O)NCCOC(C)C. The molecule has 1 saturated carbocycles. The molecule has 3 aromatic rings. The average molecular weight is 513 g/mol. The number of fused-ring (bicyclic) bond motifs is 1. The molecule has 1 aromatic heterocycles. The van der Waals surface area contributed by atoms with Gasteiger partial charge in [0.05, 0.1) is 41.6 Å². The fourth-order valence-corrected chi connectivity index (χ4v) is 3.71. The molecule has 190 valence electrons. The summed E-state index contributed by atoms with van der Waals surface area (Å²) < 4.78 is 17.0. The Bertz CT molecular complexity index is 1260. The van der Waals surface area contributed by atoms with Crippen LogP contribution in [0.3, 0.4) is 0 Å².